The van der Waals surface area contributed by atoms with Gasteiger partial charge in [0, 0.05) is 28.5 Å². The van der Waals surface area contributed by atoms with Crippen molar-refractivity contribution in [3.05, 3.63) is 133 Å². The molecule has 0 radical (unpaired) electrons. The molecule has 39 heavy (non-hydrogen) atoms. The van der Waals surface area contributed by atoms with Gasteiger partial charge in [0.15, 0.2) is 0 Å². The van der Waals surface area contributed by atoms with Crippen LogP contribution in [0.1, 0.15) is 32.6 Å². The van der Waals surface area contributed by atoms with Crippen molar-refractivity contribution in [2.24, 2.45) is 5.41 Å². The summed E-state index contributed by atoms with van der Waals surface area (Å²) in [6.07, 6.45) is 5.53. The second-order valence-corrected chi connectivity index (χ2v) is 10.4. The topological polar surface area (TPSA) is 50.3 Å². The summed E-state index contributed by atoms with van der Waals surface area (Å²) < 4.78 is 6.10. The van der Waals surface area contributed by atoms with Gasteiger partial charge in [-0.25, -0.2) is 9.97 Å². The molecule has 0 saturated heterocycles. The summed E-state index contributed by atoms with van der Waals surface area (Å²) in [5.41, 5.74) is 8.32. The number of nitrogens with zero attached hydrogens (tertiary/aromatic N) is 3. The summed E-state index contributed by atoms with van der Waals surface area (Å²) in [6, 6.07) is 26.2. The minimum atomic E-state index is -0.399. The molecule has 0 amide bonds. The van der Waals surface area contributed by atoms with Crippen LogP contribution in [0.3, 0.4) is 0 Å². The second kappa shape index (κ2) is 9.91. The molecule has 5 heteroatoms. The Morgan fingerprint density at radius 1 is 0.923 bits per heavy atom. The lowest BCUT2D eigenvalue weighted by molar-refractivity contribution is 0.439. The van der Waals surface area contributed by atoms with Gasteiger partial charge in [0.1, 0.15) is 12.1 Å². The van der Waals surface area contributed by atoms with Crippen LogP contribution in [0.4, 0.5) is 11.4 Å². The van der Waals surface area contributed by atoms with E-state index < -0.39 is 5.41 Å². The lowest BCUT2D eigenvalue weighted by Crippen LogP contribution is -2.41. The van der Waals surface area contributed by atoms with Crippen LogP contribution >= 0.6 is 0 Å². The van der Waals surface area contributed by atoms with E-state index in [1.807, 2.05) is 54.6 Å². The summed E-state index contributed by atoms with van der Waals surface area (Å²) in [5.74, 6) is 1.24. The van der Waals surface area contributed by atoms with Crippen molar-refractivity contribution in [2.75, 3.05) is 10.2 Å². The number of hydrogen-bond acceptors (Lipinski definition) is 5. The highest BCUT2D eigenvalue weighted by Gasteiger charge is 2.43. The van der Waals surface area contributed by atoms with E-state index in [1.54, 1.807) is 0 Å². The molecule has 0 fully saturated rings. The van der Waals surface area contributed by atoms with E-state index in [0.717, 1.165) is 59.4 Å². The monoisotopic (exact) mass is 512 g/mol. The first kappa shape index (κ1) is 24.7. The fraction of sp³-hybridized carbons (Fsp3) is 0.176. The van der Waals surface area contributed by atoms with Crippen LogP contribution in [0.15, 0.2) is 133 Å². The van der Waals surface area contributed by atoms with E-state index in [9.17, 15) is 0 Å². The number of ether oxygens (including phenoxy) is 1. The van der Waals surface area contributed by atoms with Crippen molar-refractivity contribution < 1.29 is 4.74 Å². The molecule has 1 atom stereocenters. The lowest BCUT2D eigenvalue weighted by atomic mass is 9.70. The average Bonchev–Trinajstić information content (AvgIpc) is 2.96. The second-order valence-electron chi connectivity index (χ2n) is 10.4. The van der Waals surface area contributed by atoms with Gasteiger partial charge in [-0.15, -0.1) is 0 Å². The maximum Gasteiger partial charge on any atom is 0.230 e. The Morgan fingerprint density at radius 3 is 2.46 bits per heavy atom. The summed E-state index contributed by atoms with van der Waals surface area (Å²) in [5, 5.41) is 4.45. The van der Waals surface area contributed by atoms with E-state index in [2.05, 4.69) is 71.1 Å². The van der Waals surface area contributed by atoms with Crippen LogP contribution in [0.5, 0.6) is 11.6 Å². The molecule has 194 valence electrons. The summed E-state index contributed by atoms with van der Waals surface area (Å²) >= 11 is 0. The van der Waals surface area contributed by atoms with E-state index in [0.29, 0.717) is 11.6 Å². The molecule has 1 aromatic heterocycles. The van der Waals surface area contributed by atoms with Crippen LogP contribution in [0, 0.1) is 5.41 Å². The third kappa shape index (κ3) is 4.50. The molecular formula is C34H32N4O. The molecule has 0 bridgehead atoms. The van der Waals surface area contributed by atoms with Gasteiger partial charge in [-0.1, -0.05) is 55.6 Å². The summed E-state index contributed by atoms with van der Waals surface area (Å²) in [7, 11) is 0. The first-order chi connectivity index (χ1) is 18.9. The molecule has 6 rings (SSSR count). The zero-order chi connectivity index (χ0) is 27.0. The number of para-hydroxylation sites is 2. The first-order valence-electron chi connectivity index (χ1n) is 13.3. The van der Waals surface area contributed by atoms with Crippen LogP contribution < -0.4 is 15.0 Å². The fourth-order valence-corrected chi connectivity index (χ4v) is 5.58. The van der Waals surface area contributed by atoms with Crippen molar-refractivity contribution in [3.63, 3.8) is 0 Å². The van der Waals surface area contributed by atoms with Gasteiger partial charge in [0.25, 0.3) is 0 Å². The molecule has 5 nitrogen and oxygen atoms in total. The molecule has 0 saturated carbocycles. The average molecular weight is 513 g/mol. The Hall–Kier alpha value is -4.64. The zero-order valence-electron chi connectivity index (χ0n) is 22.3. The Balaban J connectivity index is 1.25. The van der Waals surface area contributed by atoms with Crippen molar-refractivity contribution >= 4 is 22.3 Å². The number of aromatic nitrogens is 2. The number of fused-ring (bicyclic) bond motifs is 1. The molecule has 1 unspecified atom stereocenters. The predicted molar refractivity (Wildman–Crippen MR) is 160 cm³/mol. The van der Waals surface area contributed by atoms with Gasteiger partial charge < -0.3 is 15.0 Å². The van der Waals surface area contributed by atoms with Crippen molar-refractivity contribution in [2.45, 2.75) is 32.6 Å². The summed E-state index contributed by atoms with van der Waals surface area (Å²) in [6.45, 7) is 15.8. The Labute approximate surface area is 229 Å². The highest BCUT2D eigenvalue weighted by atomic mass is 16.5. The first-order valence-corrected chi connectivity index (χ1v) is 13.3. The minimum absolute atomic E-state index is 0.399. The van der Waals surface area contributed by atoms with Crippen molar-refractivity contribution in [1.82, 2.24) is 9.97 Å². The van der Waals surface area contributed by atoms with Gasteiger partial charge in [-0.3, -0.25) is 0 Å². The molecule has 1 N–H and O–H groups in total. The number of allylic oxidation sites excluding steroid dienone is 3. The third-order valence-electron chi connectivity index (χ3n) is 7.93. The maximum absolute atomic E-state index is 6.10. The normalized spacial score (nSPS) is 19.2. The van der Waals surface area contributed by atoms with Crippen LogP contribution in [-0.4, -0.2) is 9.97 Å². The number of hydrogen-bond donors (Lipinski definition) is 1. The van der Waals surface area contributed by atoms with Crippen LogP contribution in [-0.2, 0) is 0 Å². The maximum atomic E-state index is 6.10. The zero-order valence-corrected chi connectivity index (χ0v) is 22.3. The minimum Gasteiger partial charge on any atom is -0.438 e. The molecular weight excluding hydrogens is 480 g/mol. The number of rotatable bonds is 6. The van der Waals surface area contributed by atoms with E-state index in [4.69, 9.17) is 4.74 Å². The molecule has 2 heterocycles. The SMILES string of the molecule is C=C1CCCC2=C1CC(C)(C(=C)Nc1ccc(Oc3ncnc4ccccc34)cc1)C(=C)N2c1ccccc1. The van der Waals surface area contributed by atoms with Gasteiger partial charge in [0.2, 0.25) is 5.88 Å². The van der Waals surface area contributed by atoms with Gasteiger partial charge in [0.05, 0.1) is 16.3 Å². The molecule has 1 aliphatic heterocycles. The highest BCUT2D eigenvalue weighted by molar-refractivity contribution is 5.83. The Kier molecular flexibility index (Phi) is 6.27. The molecule has 0 spiro atoms. The smallest absolute Gasteiger partial charge is 0.230 e. The molecule has 3 aromatic carbocycles. The van der Waals surface area contributed by atoms with Crippen LogP contribution in [0.2, 0.25) is 0 Å². The number of nitrogens with one attached hydrogen (secondary N) is 1. The highest BCUT2D eigenvalue weighted by Crippen LogP contribution is 2.52. The van der Waals surface area contributed by atoms with E-state index in [-0.39, 0.29) is 0 Å². The van der Waals surface area contributed by atoms with Gasteiger partial charge in [-0.05, 0) is 86.7 Å². The Morgan fingerprint density at radius 2 is 1.67 bits per heavy atom. The predicted octanol–water partition coefficient (Wildman–Crippen LogP) is 8.77. The quantitative estimate of drug-likeness (QED) is 0.280. The molecule has 1 aliphatic carbocycles. The van der Waals surface area contributed by atoms with E-state index >= 15 is 0 Å². The fourth-order valence-electron chi connectivity index (χ4n) is 5.58. The number of anilines is 2. The van der Waals surface area contributed by atoms with Gasteiger partial charge in [-0.2, -0.15) is 0 Å². The van der Waals surface area contributed by atoms with Crippen molar-refractivity contribution in [1.29, 1.82) is 0 Å². The standard InChI is InChI=1S/C34H32N4O/c1-23-11-10-16-32-30(23)21-34(4,25(3)38(32)27-12-6-5-7-13-27)24(2)37-26-17-19-28(20-18-26)39-33-29-14-8-9-15-31(29)35-22-36-33/h5-9,12-15,17-20,22,37H,1-3,10-11,16,21H2,4H3. The summed E-state index contributed by atoms with van der Waals surface area (Å²) in [4.78, 5) is 11.0. The Bertz CT molecular complexity index is 1620. The third-order valence-corrected chi connectivity index (χ3v) is 7.93. The van der Waals surface area contributed by atoms with Gasteiger partial charge >= 0.3 is 0 Å². The van der Waals surface area contributed by atoms with Crippen LogP contribution in [0.25, 0.3) is 10.9 Å². The lowest BCUT2D eigenvalue weighted by Gasteiger charge is -2.48. The number of benzene rings is 3. The molecule has 2 aliphatic rings. The molecule has 4 aromatic rings. The van der Waals surface area contributed by atoms with Crippen molar-refractivity contribution in [3.8, 4) is 11.6 Å². The largest absolute Gasteiger partial charge is 0.438 e. The van der Waals surface area contributed by atoms with E-state index in [1.165, 1.54) is 23.2 Å².